The summed E-state index contributed by atoms with van der Waals surface area (Å²) in [4.78, 5) is 13.8. The Kier molecular flexibility index (Phi) is 5.29. The number of Topliss-reactive ketones (excluding diaryl/α,β-unsaturated/α-hetero) is 1. The van der Waals surface area contributed by atoms with Gasteiger partial charge in [0.15, 0.2) is 17.3 Å². The number of ketones is 1. The van der Waals surface area contributed by atoms with Crippen molar-refractivity contribution in [3.63, 3.8) is 0 Å². The molecule has 2 aliphatic rings. The van der Waals surface area contributed by atoms with Crippen molar-refractivity contribution in [3.05, 3.63) is 23.8 Å². The summed E-state index contributed by atoms with van der Waals surface area (Å²) >= 11 is 0. The van der Waals surface area contributed by atoms with Gasteiger partial charge in [0.1, 0.15) is 13.1 Å². The van der Waals surface area contributed by atoms with E-state index in [2.05, 4.69) is 0 Å². The van der Waals surface area contributed by atoms with Crippen LogP contribution in [0.15, 0.2) is 18.2 Å². The molecule has 0 saturated carbocycles. The van der Waals surface area contributed by atoms with Gasteiger partial charge in [0, 0.05) is 5.56 Å². The molecule has 5 nitrogen and oxygen atoms in total. The maximum Gasteiger partial charge on any atom is 0.168 e. The van der Waals surface area contributed by atoms with Gasteiger partial charge in [-0.3, -0.25) is 4.79 Å². The van der Waals surface area contributed by atoms with E-state index >= 15 is 0 Å². The fourth-order valence-electron chi connectivity index (χ4n) is 2.83. The Morgan fingerprint density at radius 3 is 2.50 bits per heavy atom. The molecule has 0 aromatic heterocycles. The Labute approximate surface area is 131 Å². The van der Waals surface area contributed by atoms with Crippen molar-refractivity contribution < 1.29 is 23.9 Å². The number of nitrogens with one attached hydrogen (secondary N) is 1. The molecule has 0 aliphatic carbocycles. The van der Waals surface area contributed by atoms with Crippen molar-refractivity contribution in [1.82, 2.24) is 0 Å². The summed E-state index contributed by atoms with van der Waals surface area (Å²) in [5.41, 5.74) is 0.718. The molecule has 2 aliphatic heterocycles. The lowest BCUT2D eigenvalue weighted by atomic mass is 10.1. The molecular formula is C17H24NO4+. The zero-order valence-corrected chi connectivity index (χ0v) is 12.9. The molecule has 0 amide bonds. The van der Waals surface area contributed by atoms with Crippen LogP contribution in [0.25, 0.3) is 0 Å². The molecule has 1 aromatic rings. The van der Waals surface area contributed by atoms with Gasteiger partial charge in [-0.05, 0) is 31.0 Å². The van der Waals surface area contributed by atoms with Gasteiger partial charge >= 0.3 is 0 Å². The van der Waals surface area contributed by atoms with Crippen LogP contribution >= 0.6 is 0 Å². The molecule has 5 heteroatoms. The molecule has 1 aromatic carbocycles. The number of carbonyl (C=O) groups excluding carboxylic acids is 1. The lowest BCUT2D eigenvalue weighted by Crippen LogP contribution is -3.14. The zero-order valence-electron chi connectivity index (χ0n) is 12.9. The van der Waals surface area contributed by atoms with E-state index in [4.69, 9.17) is 14.2 Å². The minimum atomic E-state index is 0.174. The Hall–Kier alpha value is -1.59. The summed E-state index contributed by atoms with van der Waals surface area (Å²) in [6.07, 6.45) is 2.55. The van der Waals surface area contributed by atoms with E-state index in [1.165, 1.54) is 4.90 Å². The fourth-order valence-corrected chi connectivity index (χ4v) is 2.83. The van der Waals surface area contributed by atoms with Crippen molar-refractivity contribution in [2.45, 2.75) is 19.3 Å². The summed E-state index contributed by atoms with van der Waals surface area (Å²) < 4.78 is 16.7. The third-order valence-corrected chi connectivity index (χ3v) is 4.23. The summed E-state index contributed by atoms with van der Waals surface area (Å²) in [7, 11) is 0. The summed E-state index contributed by atoms with van der Waals surface area (Å²) in [5.74, 6) is 1.62. The average molecular weight is 306 g/mol. The SMILES string of the molecule is O=C(CC[NH+]1CCOCC1)c1ccc2c(c1)OCCCCO2. The highest BCUT2D eigenvalue weighted by atomic mass is 16.5. The van der Waals surface area contributed by atoms with Gasteiger partial charge in [0.05, 0.1) is 39.4 Å². The first kappa shape index (κ1) is 15.3. The molecule has 3 rings (SSSR count). The van der Waals surface area contributed by atoms with E-state index in [0.717, 1.165) is 57.0 Å². The molecule has 1 fully saturated rings. The molecular weight excluding hydrogens is 282 g/mol. The van der Waals surface area contributed by atoms with E-state index in [1.807, 2.05) is 18.2 Å². The van der Waals surface area contributed by atoms with Crippen LogP contribution in [0.1, 0.15) is 29.6 Å². The molecule has 0 spiro atoms. The number of benzene rings is 1. The van der Waals surface area contributed by atoms with Gasteiger partial charge in [0.2, 0.25) is 0 Å². The number of ether oxygens (including phenoxy) is 3. The van der Waals surface area contributed by atoms with Crippen molar-refractivity contribution >= 4 is 5.78 Å². The largest absolute Gasteiger partial charge is 0.490 e. The number of hydrogen-bond donors (Lipinski definition) is 1. The van der Waals surface area contributed by atoms with Gasteiger partial charge in [-0.15, -0.1) is 0 Å². The predicted octanol–water partition coefficient (Wildman–Crippen LogP) is 0.726. The van der Waals surface area contributed by atoms with E-state index in [-0.39, 0.29) is 5.78 Å². The highest BCUT2D eigenvalue weighted by molar-refractivity contribution is 5.96. The number of rotatable bonds is 4. The Bertz CT molecular complexity index is 511. The molecule has 22 heavy (non-hydrogen) atoms. The minimum Gasteiger partial charge on any atom is -0.490 e. The predicted molar refractivity (Wildman–Crippen MR) is 82.0 cm³/mol. The fraction of sp³-hybridized carbons (Fsp3) is 0.588. The number of hydrogen-bond acceptors (Lipinski definition) is 4. The maximum atomic E-state index is 12.4. The average Bonchev–Trinajstić information content (AvgIpc) is 2.54. The number of morpholine rings is 1. The molecule has 1 N–H and O–H groups in total. The van der Waals surface area contributed by atoms with Crippen molar-refractivity contribution in [2.24, 2.45) is 0 Å². The molecule has 2 heterocycles. The van der Waals surface area contributed by atoms with Crippen LogP contribution in [0, 0.1) is 0 Å². The van der Waals surface area contributed by atoms with Crippen molar-refractivity contribution in [2.75, 3.05) is 46.1 Å². The molecule has 1 saturated heterocycles. The first-order valence-electron chi connectivity index (χ1n) is 8.17. The quantitative estimate of drug-likeness (QED) is 0.833. The second-order valence-corrected chi connectivity index (χ2v) is 5.85. The highest BCUT2D eigenvalue weighted by Gasteiger charge is 2.17. The highest BCUT2D eigenvalue weighted by Crippen LogP contribution is 2.30. The first-order valence-corrected chi connectivity index (χ1v) is 8.17. The second-order valence-electron chi connectivity index (χ2n) is 5.85. The lowest BCUT2D eigenvalue weighted by molar-refractivity contribution is -0.907. The molecule has 0 atom stereocenters. The summed E-state index contributed by atoms with van der Waals surface area (Å²) in [6.45, 7) is 5.86. The molecule has 0 unspecified atom stereocenters. The van der Waals surface area contributed by atoms with Gasteiger partial charge in [-0.1, -0.05) is 0 Å². The van der Waals surface area contributed by atoms with E-state index in [1.54, 1.807) is 0 Å². The van der Waals surface area contributed by atoms with Crippen LogP contribution in [0.5, 0.6) is 11.5 Å². The van der Waals surface area contributed by atoms with Crippen LogP contribution in [-0.4, -0.2) is 51.8 Å². The van der Waals surface area contributed by atoms with Gasteiger partial charge in [-0.25, -0.2) is 0 Å². The van der Waals surface area contributed by atoms with Crippen molar-refractivity contribution in [3.8, 4) is 11.5 Å². The third-order valence-electron chi connectivity index (χ3n) is 4.23. The van der Waals surface area contributed by atoms with Gasteiger partial charge < -0.3 is 19.1 Å². The van der Waals surface area contributed by atoms with Gasteiger partial charge in [0.25, 0.3) is 0 Å². The molecule has 120 valence electrons. The minimum absolute atomic E-state index is 0.174. The van der Waals surface area contributed by atoms with Gasteiger partial charge in [-0.2, -0.15) is 0 Å². The Morgan fingerprint density at radius 2 is 1.73 bits per heavy atom. The monoisotopic (exact) mass is 306 g/mol. The van der Waals surface area contributed by atoms with Crippen LogP contribution in [0.3, 0.4) is 0 Å². The Balaban J connectivity index is 1.60. The summed E-state index contributed by atoms with van der Waals surface area (Å²) in [6, 6.07) is 5.54. The zero-order chi connectivity index (χ0) is 15.2. The third kappa shape index (κ3) is 3.99. The van der Waals surface area contributed by atoms with Crippen LogP contribution in [0.2, 0.25) is 0 Å². The second kappa shape index (κ2) is 7.61. The number of carbonyl (C=O) groups is 1. The smallest absolute Gasteiger partial charge is 0.168 e. The van der Waals surface area contributed by atoms with Crippen LogP contribution in [0.4, 0.5) is 0 Å². The number of quaternary nitrogens is 1. The van der Waals surface area contributed by atoms with Crippen LogP contribution in [-0.2, 0) is 4.74 Å². The maximum absolute atomic E-state index is 12.4. The summed E-state index contributed by atoms with van der Waals surface area (Å²) in [5, 5.41) is 0. The normalized spacial score (nSPS) is 19.3. The Morgan fingerprint density at radius 1 is 1.00 bits per heavy atom. The molecule has 0 bridgehead atoms. The lowest BCUT2D eigenvalue weighted by Gasteiger charge is -2.23. The standard InChI is InChI=1S/C17H23NO4/c19-15(5-6-18-7-11-20-12-8-18)14-3-4-16-17(13-14)22-10-2-1-9-21-16/h3-4,13H,1-2,5-12H2/p+1. The number of fused-ring (bicyclic) bond motifs is 1. The topological polar surface area (TPSA) is 49.2 Å². The van der Waals surface area contributed by atoms with E-state index in [0.29, 0.717) is 25.4 Å². The van der Waals surface area contributed by atoms with Crippen LogP contribution < -0.4 is 14.4 Å². The van der Waals surface area contributed by atoms with E-state index < -0.39 is 0 Å². The molecule has 0 radical (unpaired) electrons. The van der Waals surface area contributed by atoms with Crippen molar-refractivity contribution in [1.29, 1.82) is 0 Å². The van der Waals surface area contributed by atoms with E-state index in [9.17, 15) is 4.79 Å². The first-order chi connectivity index (χ1) is 10.8.